The number of nitrogens with zero attached hydrogens (tertiary/aromatic N) is 2. The van der Waals surface area contributed by atoms with Gasteiger partial charge >= 0.3 is 0 Å². The number of fused-ring (bicyclic) bond motifs is 3. The first-order valence-electron chi connectivity index (χ1n) is 10.9. The third-order valence-corrected chi connectivity index (χ3v) is 7.59. The molecular formula is C26H24ClN3O3S. The number of thiophene rings is 1. The van der Waals surface area contributed by atoms with Gasteiger partial charge in [-0.25, -0.2) is 0 Å². The van der Waals surface area contributed by atoms with Gasteiger partial charge in [0.15, 0.2) is 0 Å². The van der Waals surface area contributed by atoms with Gasteiger partial charge in [-0.1, -0.05) is 29.8 Å². The summed E-state index contributed by atoms with van der Waals surface area (Å²) in [6.07, 6.45) is 0. The zero-order valence-corrected chi connectivity index (χ0v) is 20.7. The Morgan fingerprint density at radius 2 is 2.00 bits per heavy atom. The van der Waals surface area contributed by atoms with E-state index in [9.17, 15) is 9.59 Å². The van der Waals surface area contributed by atoms with Crippen molar-refractivity contribution >= 4 is 50.7 Å². The average Bonchev–Trinajstić information content (AvgIpc) is 3.41. The Hall–Kier alpha value is -3.29. The number of aromatic nitrogens is 1. The summed E-state index contributed by atoms with van der Waals surface area (Å²) < 4.78 is 7.39. The molecule has 5 rings (SSSR count). The Balaban J connectivity index is 1.58. The van der Waals surface area contributed by atoms with Crippen LogP contribution in [0.3, 0.4) is 0 Å². The van der Waals surface area contributed by atoms with Crippen LogP contribution >= 0.6 is 22.9 Å². The van der Waals surface area contributed by atoms with E-state index in [0.29, 0.717) is 28.7 Å². The molecule has 0 saturated heterocycles. The molecule has 2 amide bonds. The van der Waals surface area contributed by atoms with E-state index < -0.39 is 5.54 Å². The van der Waals surface area contributed by atoms with Crippen molar-refractivity contribution in [2.75, 3.05) is 12.0 Å². The van der Waals surface area contributed by atoms with Gasteiger partial charge in [0.2, 0.25) is 5.91 Å². The minimum atomic E-state index is -1.17. The largest absolute Gasteiger partial charge is 0.496 e. The van der Waals surface area contributed by atoms with Gasteiger partial charge in [-0.2, -0.15) is 0 Å². The van der Waals surface area contributed by atoms with Crippen molar-refractivity contribution in [2.45, 2.75) is 32.5 Å². The fraction of sp³-hybridized carbons (Fsp3) is 0.231. The number of benzene rings is 2. The maximum absolute atomic E-state index is 13.9. The number of nitrogens with one attached hydrogen (secondary N) is 1. The van der Waals surface area contributed by atoms with Gasteiger partial charge in [0, 0.05) is 28.2 Å². The number of methoxy groups -OCH3 is 1. The molecule has 0 spiro atoms. The van der Waals surface area contributed by atoms with Crippen molar-refractivity contribution in [3.05, 3.63) is 81.8 Å². The van der Waals surface area contributed by atoms with E-state index in [0.717, 1.165) is 21.3 Å². The molecule has 2 aromatic carbocycles. The molecule has 3 heterocycles. The molecule has 0 saturated carbocycles. The molecule has 1 atom stereocenters. The number of ether oxygens (including phenoxy) is 1. The summed E-state index contributed by atoms with van der Waals surface area (Å²) in [5.41, 5.74) is 1.76. The van der Waals surface area contributed by atoms with E-state index in [-0.39, 0.29) is 18.4 Å². The fourth-order valence-corrected chi connectivity index (χ4v) is 5.78. The highest BCUT2D eigenvalue weighted by Crippen LogP contribution is 2.39. The average molecular weight is 494 g/mol. The number of hydrogen-bond acceptors (Lipinski definition) is 4. The molecule has 1 aliphatic rings. The number of hydrogen-bond donors (Lipinski definition) is 1. The predicted octanol–water partition coefficient (Wildman–Crippen LogP) is 5.41. The Bertz CT molecular complexity index is 1430. The minimum absolute atomic E-state index is 0.213. The highest BCUT2D eigenvalue weighted by Gasteiger charge is 2.49. The topological polar surface area (TPSA) is 63.6 Å². The van der Waals surface area contributed by atoms with E-state index in [1.54, 1.807) is 29.4 Å². The highest BCUT2D eigenvalue weighted by atomic mass is 35.5. The number of aryl methyl sites for hydroxylation is 1. The molecule has 34 heavy (non-hydrogen) atoms. The lowest BCUT2D eigenvalue weighted by atomic mass is 9.93. The first-order chi connectivity index (χ1) is 16.3. The highest BCUT2D eigenvalue weighted by molar-refractivity contribution is 7.16. The number of rotatable bonds is 5. The van der Waals surface area contributed by atoms with E-state index in [1.165, 1.54) is 0 Å². The van der Waals surface area contributed by atoms with Gasteiger partial charge in [0.05, 0.1) is 13.7 Å². The quantitative estimate of drug-likeness (QED) is 0.404. The molecule has 0 fully saturated rings. The van der Waals surface area contributed by atoms with Crippen LogP contribution in [-0.4, -0.2) is 29.0 Å². The van der Waals surface area contributed by atoms with Crippen LogP contribution in [0.25, 0.3) is 10.2 Å². The molecule has 1 aliphatic heterocycles. The molecule has 4 aromatic rings. The van der Waals surface area contributed by atoms with Gasteiger partial charge in [-0.3, -0.25) is 14.5 Å². The zero-order valence-electron chi connectivity index (χ0n) is 19.1. The maximum Gasteiger partial charge on any atom is 0.275 e. The van der Waals surface area contributed by atoms with Crippen LogP contribution in [0, 0.1) is 6.92 Å². The molecule has 1 N–H and O–H groups in total. The second-order valence-electron chi connectivity index (χ2n) is 8.64. The lowest BCUT2D eigenvalue weighted by molar-refractivity contribution is -0.126. The van der Waals surface area contributed by atoms with E-state index in [4.69, 9.17) is 16.3 Å². The third kappa shape index (κ3) is 3.56. The minimum Gasteiger partial charge on any atom is -0.496 e. The maximum atomic E-state index is 13.9. The van der Waals surface area contributed by atoms with Gasteiger partial charge in [-0.15, -0.1) is 11.3 Å². The molecule has 0 aliphatic carbocycles. The number of anilines is 1. The monoisotopic (exact) mass is 493 g/mol. The Morgan fingerprint density at radius 1 is 1.21 bits per heavy atom. The summed E-state index contributed by atoms with van der Waals surface area (Å²) in [6, 6.07) is 16.8. The summed E-state index contributed by atoms with van der Waals surface area (Å²) in [7, 11) is 1.60. The molecule has 8 heteroatoms. The first kappa shape index (κ1) is 22.5. The second kappa shape index (κ2) is 8.49. The standard InChI is InChI=1S/C26H24ClN3O3S/c1-16-12-19(27)8-9-20(16)30-23(31)21-13-17-10-11-34-24(17)29(21)15-26(30,2)25(32)28-14-18-6-4-5-7-22(18)33-3/h4-13H,14-15H2,1-3H3,(H,28,32)/t26-/m1/s1. The van der Waals surface area contributed by atoms with Crippen molar-refractivity contribution in [2.24, 2.45) is 0 Å². The molecular weight excluding hydrogens is 470 g/mol. The Labute approximate surface area is 206 Å². The molecule has 0 bridgehead atoms. The summed E-state index contributed by atoms with van der Waals surface area (Å²) in [6.45, 7) is 4.33. The Morgan fingerprint density at radius 3 is 2.76 bits per heavy atom. The van der Waals surface area contributed by atoms with Crippen molar-refractivity contribution in [3.63, 3.8) is 0 Å². The number of halogens is 1. The van der Waals surface area contributed by atoms with Gasteiger partial charge < -0.3 is 14.6 Å². The smallest absolute Gasteiger partial charge is 0.275 e. The zero-order chi connectivity index (χ0) is 24.0. The van der Waals surface area contributed by atoms with Crippen LogP contribution in [-0.2, 0) is 17.9 Å². The molecule has 6 nitrogen and oxygen atoms in total. The molecule has 0 radical (unpaired) electrons. The van der Waals surface area contributed by atoms with Crippen molar-refractivity contribution in [3.8, 4) is 5.75 Å². The molecule has 174 valence electrons. The number of carbonyl (C=O) groups is 2. The van der Waals surface area contributed by atoms with Gasteiger partial charge in [0.1, 0.15) is 21.8 Å². The lowest BCUT2D eigenvalue weighted by Crippen LogP contribution is -2.64. The Kier molecular flexibility index (Phi) is 5.62. The van der Waals surface area contributed by atoms with Crippen LogP contribution in [0.4, 0.5) is 5.69 Å². The molecule has 0 unspecified atom stereocenters. The first-order valence-corrected chi connectivity index (χ1v) is 12.2. The van der Waals surface area contributed by atoms with E-state index in [2.05, 4.69) is 5.32 Å². The van der Waals surface area contributed by atoms with E-state index in [1.807, 2.05) is 72.3 Å². The summed E-state index contributed by atoms with van der Waals surface area (Å²) in [5, 5.41) is 6.63. The number of amides is 2. The molecule has 2 aromatic heterocycles. The summed E-state index contributed by atoms with van der Waals surface area (Å²) >= 11 is 7.76. The van der Waals surface area contributed by atoms with Gasteiger partial charge in [0.25, 0.3) is 5.91 Å². The van der Waals surface area contributed by atoms with Crippen LogP contribution in [0.5, 0.6) is 5.75 Å². The summed E-state index contributed by atoms with van der Waals surface area (Å²) in [5.74, 6) is 0.242. The SMILES string of the molecule is COc1ccccc1CNC(=O)[C@@]1(C)Cn2c(cc3ccsc32)C(=O)N1c1ccc(Cl)cc1C. The summed E-state index contributed by atoms with van der Waals surface area (Å²) in [4.78, 5) is 30.3. The second-order valence-corrected chi connectivity index (χ2v) is 9.97. The van der Waals surface area contributed by atoms with Crippen LogP contribution < -0.4 is 15.0 Å². The predicted molar refractivity (Wildman–Crippen MR) is 136 cm³/mol. The van der Waals surface area contributed by atoms with Crippen molar-refractivity contribution in [1.82, 2.24) is 9.88 Å². The number of para-hydroxylation sites is 1. The van der Waals surface area contributed by atoms with Crippen molar-refractivity contribution in [1.29, 1.82) is 0 Å². The van der Waals surface area contributed by atoms with Gasteiger partial charge in [-0.05, 0) is 61.2 Å². The van der Waals surface area contributed by atoms with Crippen LogP contribution in [0.1, 0.15) is 28.5 Å². The van der Waals surface area contributed by atoms with Crippen LogP contribution in [0.15, 0.2) is 60.0 Å². The van der Waals surface area contributed by atoms with E-state index >= 15 is 0 Å². The van der Waals surface area contributed by atoms with Crippen molar-refractivity contribution < 1.29 is 14.3 Å². The number of carbonyl (C=O) groups excluding carboxylic acids is 2. The lowest BCUT2D eigenvalue weighted by Gasteiger charge is -2.44. The van der Waals surface area contributed by atoms with Crippen LogP contribution in [0.2, 0.25) is 5.02 Å². The fourth-order valence-electron chi connectivity index (χ4n) is 4.66. The third-order valence-electron chi connectivity index (χ3n) is 6.40. The normalized spacial score (nSPS) is 17.6.